The number of hydrogen-bond acceptors (Lipinski definition) is 3. The van der Waals surface area contributed by atoms with Gasteiger partial charge in [0.1, 0.15) is 5.58 Å². The molecular formula is C21H23NO2. The summed E-state index contributed by atoms with van der Waals surface area (Å²) in [7, 11) is 0. The molecule has 0 aliphatic carbocycles. The largest absolute Gasteiger partial charge is 0.453 e. The van der Waals surface area contributed by atoms with Gasteiger partial charge in [-0.1, -0.05) is 55.5 Å². The summed E-state index contributed by atoms with van der Waals surface area (Å²) in [6.07, 6.45) is 2.47. The first-order chi connectivity index (χ1) is 11.8. The Morgan fingerprint density at radius 3 is 2.58 bits per heavy atom. The van der Waals surface area contributed by atoms with Crippen molar-refractivity contribution in [3.8, 4) is 0 Å². The second-order valence-electron chi connectivity index (χ2n) is 6.07. The van der Waals surface area contributed by atoms with Gasteiger partial charge in [-0.05, 0) is 30.5 Å². The van der Waals surface area contributed by atoms with Gasteiger partial charge in [-0.3, -0.25) is 4.79 Å². The smallest absolute Gasteiger partial charge is 0.199 e. The van der Waals surface area contributed by atoms with Crippen LogP contribution < -0.4 is 5.32 Å². The van der Waals surface area contributed by atoms with E-state index < -0.39 is 0 Å². The molecule has 2 aromatic carbocycles. The molecule has 3 heteroatoms. The summed E-state index contributed by atoms with van der Waals surface area (Å²) < 4.78 is 5.63. The minimum absolute atomic E-state index is 0.0493. The molecule has 0 aliphatic heterocycles. The number of fused-ring (bicyclic) bond motifs is 1. The maximum Gasteiger partial charge on any atom is 0.199 e. The van der Waals surface area contributed by atoms with Gasteiger partial charge in [-0.25, -0.2) is 0 Å². The first kappa shape index (κ1) is 16.5. The molecular weight excluding hydrogens is 298 g/mol. The van der Waals surface area contributed by atoms with Crippen molar-refractivity contribution in [2.45, 2.75) is 32.2 Å². The van der Waals surface area contributed by atoms with Crippen molar-refractivity contribution in [2.24, 2.45) is 0 Å². The van der Waals surface area contributed by atoms with E-state index >= 15 is 0 Å². The van der Waals surface area contributed by atoms with Gasteiger partial charge in [0.15, 0.2) is 11.5 Å². The number of rotatable bonds is 8. The van der Waals surface area contributed by atoms with Crippen LogP contribution in [-0.4, -0.2) is 18.4 Å². The highest BCUT2D eigenvalue weighted by atomic mass is 16.3. The SMILES string of the molecule is CCC(Cc1ccccc1)NCCC(=O)c1cc2ccccc2o1. The summed E-state index contributed by atoms with van der Waals surface area (Å²) in [5, 5.41) is 4.47. The Balaban J connectivity index is 1.52. The number of furan rings is 1. The number of benzene rings is 2. The van der Waals surface area contributed by atoms with E-state index in [0.29, 0.717) is 24.8 Å². The lowest BCUT2D eigenvalue weighted by molar-refractivity contribution is 0.0957. The number of carbonyl (C=O) groups excluding carboxylic acids is 1. The molecule has 3 nitrogen and oxygen atoms in total. The Morgan fingerprint density at radius 2 is 1.83 bits per heavy atom. The van der Waals surface area contributed by atoms with Crippen LogP contribution in [-0.2, 0) is 6.42 Å². The normalized spacial score (nSPS) is 12.4. The van der Waals surface area contributed by atoms with Crippen molar-refractivity contribution < 1.29 is 9.21 Å². The van der Waals surface area contributed by atoms with E-state index in [4.69, 9.17) is 4.42 Å². The first-order valence-corrected chi connectivity index (χ1v) is 8.55. The molecule has 1 atom stereocenters. The van der Waals surface area contributed by atoms with Gasteiger partial charge in [0.25, 0.3) is 0 Å². The Labute approximate surface area is 142 Å². The molecule has 0 saturated heterocycles. The predicted octanol–water partition coefficient (Wildman–Crippen LogP) is 4.62. The number of nitrogens with one attached hydrogen (secondary N) is 1. The molecule has 0 fully saturated rings. The first-order valence-electron chi connectivity index (χ1n) is 8.55. The topological polar surface area (TPSA) is 42.2 Å². The fourth-order valence-electron chi connectivity index (χ4n) is 2.89. The van der Waals surface area contributed by atoms with E-state index in [2.05, 4.69) is 36.5 Å². The summed E-state index contributed by atoms with van der Waals surface area (Å²) in [5.41, 5.74) is 2.09. The van der Waals surface area contributed by atoms with Gasteiger partial charge in [-0.15, -0.1) is 0 Å². The van der Waals surface area contributed by atoms with Crippen molar-refractivity contribution >= 4 is 16.8 Å². The summed E-state index contributed by atoms with van der Waals surface area (Å²) in [4.78, 5) is 12.3. The molecule has 3 aromatic rings. The van der Waals surface area contributed by atoms with Gasteiger partial charge in [0.05, 0.1) is 0 Å². The number of carbonyl (C=O) groups is 1. The van der Waals surface area contributed by atoms with Crippen molar-refractivity contribution in [3.63, 3.8) is 0 Å². The zero-order valence-corrected chi connectivity index (χ0v) is 14.0. The lowest BCUT2D eigenvalue weighted by atomic mass is 10.0. The van der Waals surface area contributed by atoms with Crippen molar-refractivity contribution in [1.29, 1.82) is 0 Å². The standard InChI is InChI=1S/C21H23NO2/c1-2-18(14-16-8-4-3-5-9-16)22-13-12-19(23)21-15-17-10-6-7-11-20(17)24-21/h3-11,15,18,22H,2,12-14H2,1H3. The van der Waals surface area contributed by atoms with Crippen molar-refractivity contribution in [1.82, 2.24) is 5.32 Å². The summed E-state index contributed by atoms with van der Waals surface area (Å²) >= 11 is 0. The molecule has 1 N–H and O–H groups in total. The van der Waals surface area contributed by atoms with E-state index in [9.17, 15) is 4.79 Å². The van der Waals surface area contributed by atoms with E-state index in [1.54, 1.807) is 0 Å². The Bertz CT molecular complexity index is 759. The van der Waals surface area contributed by atoms with Gasteiger partial charge < -0.3 is 9.73 Å². The highest BCUT2D eigenvalue weighted by molar-refractivity contribution is 5.97. The number of para-hydroxylation sites is 1. The van der Waals surface area contributed by atoms with Crippen LogP contribution in [0.1, 0.15) is 35.9 Å². The molecule has 1 aromatic heterocycles. The molecule has 124 valence electrons. The monoisotopic (exact) mass is 321 g/mol. The summed E-state index contributed by atoms with van der Waals surface area (Å²) in [5.74, 6) is 0.502. The Kier molecular flexibility index (Phi) is 5.44. The van der Waals surface area contributed by atoms with E-state index in [-0.39, 0.29) is 5.78 Å². The number of ketones is 1. The molecule has 24 heavy (non-hydrogen) atoms. The van der Waals surface area contributed by atoms with E-state index in [1.165, 1.54) is 5.56 Å². The molecule has 0 spiro atoms. The van der Waals surface area contributed by atoms with Gasteiger partial charge >= 0.3 is 0 Å². The number of hydrogen-bond donors (Lipinski definition) is 1. The fraction of sp³-hybridized carbons (Fsp3) is 0.286. The van der Waals surface area contributed by atoms with Crippen LogP contribution in [0.25, 0.3) is 11.0 Å². The van der Waals surface area contributed by atoms with Crippen LogP contribution >= 0.6 is 0 Å². The van der Waals surface area contributed by atoms with E-state index in [1.807, 2.05) is 36.4 Å². The van der Waals surface area contributed by atoms with Crippen LogP contribution in [0.4, 0.5) is 0 Å². The average molecular weight is 321 g/mol. The van der Waals surface area contributed by atoms with Crippen LogP contribution in [0.2, 0.25) is 0 Å². The van der Waals surface area contributed by atoms with Crippen LogP contribution in [0.3, 0.4) is 0 Å². The quantitative estimate of drug-likeness (QED) is 0.616. The molecule has 0 bridgehead atoms. The summed E-state index contributed by atoms with van der Waals surface area (Å²) in [6, 6.07) is 20.4. The van der Waals surface area contributed by atoms with Gasteiger partial charge in [0, 0.05) is 24.4 Å². The molecule has 0 amide bonds. The average Bonchev–Trinajstić information content (AvgIpc) is 3.06. The second-order valence-corrected chi connectivity index (χ2v) is 6.07. The predicted molar refractivity (Wildman–Crippen MR) is 97.4 cm³/mol. The third kappa shape index (κ3) is 4.12. The second kappa shape index (κ2) is 7.93. The molecule has 3 rings (SSSR count). The zero-order chi connectivity index (χ0) is 16.8. The maximum absolute atomic E-state index is 12.3. The minimum Gasteiger partial charge on any atom is -0.453 e. The highest BCUT2D eigenvalue weighted by Gasteiger charge is 2.13. The maximum atomic E-state index is 12.3. The Morgan fingerprint density at radius 1 is 1.08 bits per heavy atom. The van der Waals surface area contributed by atoms with Gasteiger partial charge in [0.2, 0.25) is 0 Å². The molecule has 1 heterocycles. The Hall–Kier alpha value is -2.39. The molecule has 0 aliphatic rings. The van der Waals surface area contributed by atoms with Crippen molar-refractivity contribution in [3.05, 3.63) is 72.0 Å². The fourth-order valence-corrected chi connectivity index (χ4v) is 2.89. The van der Waals surface area contributed by atoms with Crippen LogP contribution in [0, 0.1) is 0 Å². The van der Waals surface area contributed by atoms with Crippen LogP contribution in [0.5, 0.6) is 0 Å². The van der Waals surface area contributed by atoms with Gasteiger partial charge in [-0.2, -0.15) is 0 Å². The minimum atomic E-state index is 0.0493. The van der Waals surface area contributed by atoms with Crippen LogP contribution in [0.15, 0.2) is 65.1 Å². The van der Waals surface area contributed by atoms with Crippen molar-refractivity contribution in [2.75, 3.05) is 6.54 Å². The van der Waals surface area contributed by atoms with E-state index in [0.717, 1.165) is 23.8 Å². The lowest BCUT2D eigenvalue weighted by Gasteiger charge is -2.16. The third-order valence-corrected chi connectivity index (χ3v) is 4.30. The molecule has 1 unspecified atom stereocenters. The summed E-state index contributed by atoms with van der Waals surface area (Å²) in [6.45, 7) is 2.84. The highest BCUT2D eigenvalue weighted by Crippen LogP contribution is 2.19. The molecule has 0 radical (unpaired) electrons. The molecule has 0 saturated carbocycles. The third-order valence-electron chi connectivity index (χ3n) is 4.30. The zero-order valence-electron chi connectivity index (χ0n) is 14.0. The lowest BCUT2D eigenvalue weighted by Crippen LogP contribution is -2.32. The number of Topliss-reactive ketones (excluding diaryl/α,β-unsaturated/α-hetero) is 1.